The fourth-order valence-corrected chi connectivity index (χ4v) is 4.95. The number of esters is 1. The third kappa shape index (κ3) is 3.67. The first-order valence-electron chi connectivity index (χ1n) is 8.34. The Bertz CT molecular complexity index is 812. The molecule has 0 aliphatic heterocycles. The van der Waals surface area contributed by atoms with Crippen LogP contribution in [0, 0.1) is 5.92 Å². The van der Waals surface area contributed by atoms with E-state index in [4.69, 9.17) is 4.74 Å². The molecule has 0 unspecified atom stereocenters. The average Bonchev–Trinajstić information content (AvgIpc) is 2.90. The molecule has 1 N–H and O–H groups in total. The molecule has 0 aromatic carbocycles. The first-order valence-corrected chi connectivity index (χ1v) is 10.1. The molecule has 0 amide bonds. The minimum absolute atomic E-state index is 0.0846. The van der Waals surface area contributed by atoms with Crippen LogP contribution in [0.15, 0.2) is 9.95 Å². The Balaban J connectivity index is 1.79. The molecule has 1 aliphatic carbocycles. The van der Waals surface area contributed by atoms with Crippen LogP contribution >= 0.6 is 23.1 Å². The van der Waals surface area contributed by atoms with Gasteiger partial charge in [0.1, 0.15) is 4.83 Å². The van der Waals surface area contributed by atoms with Gasteiger partial charge in [-0.25, -0.2) is 4.98 Å². The summed E-state index contributed by atoms with van der Waals surface area (Å²) in [7, 11) is 0. The maximum atomic E-state index is 12.5. The van der Waals surface area contributed by atoms with Crippen molar-refractivity contribution in [3.63, 3.8) is 0 Å². The smallest absolute Gasteiger partial charge is 0.316 e. The number of nitrogens with zero attached hydrogens (tertiary/aromatic N) is 1. The normalized spacial score (nSPS) is 18.4. The van der Waals surface area contributed by atoms with E-state index in [9.17, 15) is 9.59 Å². The molecule has 2 heterocycles. The van der Waals surface area contributed by atoms with Crippen LogP contribution in [-0.2, 0) is 22.4 Å². The summed E-state index contributed by atoms with van der Waals surface area (Å²) in [4.78, 5) is 33.7. The first kappa shape index (κ1) is 17.5. The number of hydrogen-bond acceptors (Lipinski definition) is 6. The van der Waals surface area contributed by atoms with E-state index < -0.39 is 0 Å². The molecule has 2 aromatic heterocycles. The summed E-state index contributed by atoms with van der Waals surface area (Å²) >= 11 is 2.84. The van der Waals surface area contributed by atoms with Crippen molar-refractivity contribution in [3.05, 3.63) is 20.8 Å². The van der Waals surface area contributed by atoms with Crippen LogP contribution in [0.1, 0.15) is 44.1 Å². The summed E-state index contributed by atoms with van der Waals surface area (Å²) in [5.74, 6) is 0.534. The van der Waals surface area contributed by atoms with Crippen molar-refractivity contribution in [1.82, 2.24) is 9.97 Å². The average molecular weight is 367 g/mol. The number of aromatic nitrogens is 2. The number of nitrogens with one attached hydrogen (secondary N) is 1. The summed E-state index contributed by atoms with van der Waals surface area (Å²) in [5, 5.41) is 1.23. The van der Waals surface area contributed by atoms with E-state index in [1.54, 1.807) is 11.3 Å². The maximum Gasteiger partial charge on any atom is 0.316 e. The number of carbonyl (C=O) groups is 1. The van der Waals surface area contributed by atoms with Gasteiger partial charge in [0, 0.05) is 4.88 Å². The Labute approximate surface area is 149 Å². The summed E-state index contributed by atoms with van der Waals surface area (Å²) in [6, 6.07) is 0. The predicted molar refractivity (Wildman–Crippen MR) is 98.0 cm³/mol. The van der Waals surface area contributed by atoms with Gasteiger partial charge < -0.3 is 9.72 Å². The molecule has 2 atom stereocenters. The number of rotatable bonds is 5. The zero-order valence-electron chi connectivity index (χ0n) is 14.2. The SMILES string of the molecule is CC[C@@H](C)OC(=O)CSc1nc2sc3c(c2c(=O)[nH]1)CC[C@H](C)C3. The Morgan fingerprint density at radius 1 is 1.54 bits per heavy atom. The van der Waals surface area contributed by atoms with Gasteiger partial charge in [-0.3, -0.25) is 9.59 Å². The molecule has 3 rings (SSSR count). The first-order chi connectivity index (χ1) is 11.5. The zero-order valence-corrected chi connectivity index (χ0v) is 15.8. The molecule has 0 saturated heterocycles. The number of thiophene rings is 1. The largest absolute Gasteiger partial charge is 0.462 e. The van der Waals surface area contributed by atoms with Crippen molar-refractivity contribution in [2.75, 3.05) is 5.75 Å². The van der Waals surface area contributed by atoms with Gasteiger partial charge in [-0.05, 0) is 44.1 Å². The van der Waals surface area contributed by atoms with Gasteiger partial charge in [-0.15, -0.1) is 11.3 Å². The number of aryl methyl sites for hydroxylation is 1. The highest BCUT2D eigenvalue weighted by atomic mass is 32.2. The van der Waals surface area contributed by atoms with Gasteiger partial charge in [0.05, 0.1) is 17.2 Å². The van der Waals surface area contributed by atoms with Gasteiger partial charge in [0.15, 0.2) is 5.16 Å². The molecule has 0 fully saturated rings. The van der Waals surface area contributed by atoms with Crippen LogP contribution in [-0.4, -0.2) is 27.8 Å². The summed E-state index contributed by atoms with van der Waals surface area (Å²) in [6.07, 6.45) is 3.81. The van der Waals surface area contributed by atoms with E-state index in [0.717, 1.165) is 35.9 Å². The Hall–Kier alpha value is -1.34. The highest BCUT2D eigenvalue weighted by molar-refractivity contribution is 7.99. The van der Waals surface area contributed by atoms with Crippen LogP contribution in [0.25, 0.3) is 10.2 Å². The lowest BCUT2D eigenvalue weighted by Crippen LogP contribution is -2.16. The van der Waals surface area contributed by atoms with E-state index in [2.05, 4.69) is 16.9 Å². The minimum Gasteiger partial charge on any atom is -0.462 e. The molecule has 1 aliphatic rings. The quantitative estimate of drug-likeness (QED) is 0.498. The second-order valence-corrected chi connectivity index (χ2v) is 8.45. The summed E-state index contributed by atoms with van der Waals surface area (Å²) in [5.41, 5.74) is 1.08. The van der Waals surface area contributed by atoms with E-state index in [-0.39, 0.29) is 23.4 Å². The number of carbonyl (C=O) groups excluding carboxylic acids is 1. The fourth-order valence-electron chi connectivity index (χ4n) is 2.87. The molecule has 130 valence electrons. The van der Waals surface area contributed by atoms with Crippen molar-refractivity contribution >= 4 is 39.3 Å². The molecule has 0 saturated carbocycles. The van der Waals surface area contributed by atoms with Crippen LogP contribution in [0.4, 0.5) is 0 Å². The molecule has 24 heavy (non-hydrogen) atoms. The van der Waals surface area contributed by atoms with Crippen molar-refractivity contribution in [3.8, 4) is 0 Å². The fraction of sp³-hybridized carbons (Fsp3) is 0.588. The lowest BCUT2D eigenvalue weighted by molar-refractivity contribution is -0.144. The minimum atomic E-state index is -0.281. The number of ether oxygens (including phenoxy) is 1. The van der Waals surface area contributed by atoms with Crippen LogP contribution < -0.4 is 5.56 Å². The standard InChI is InChI=1S/C17H22N2O3S2/c1-4-10(3)22-13(20)8-23-17-18-15(21)14-11-6-5-9(2)7-12(11)24-16(14)19-17/h9-10H,4-8H2,1-3H3,(H,18,19,21)/t9-,10+/m0/s1. The Kier molecular flexibility index (Phi) is 5.30. The molecule has 0 bridgehead atoms. The highest BCUT2D eigenvalue weighted by Gasteiger charge is 2.23. The number of thioether (sulfide) groups is 1. The second-order valence-electron chi connectivity index (χ2n) is 6.40. The van der Waals surface area contributed by atoms with Crippen molar-refractivity contribution < 1.29 is 9.53 Å². The van der Waals surface area contributed by atoms with E-state index in [0.29, 0.717) is 11.1 Å². The van der Waals surface area contributed by atoms with E-state index >= 15 is 0 Å². The third-order valence-corrected chi connectivity index (χ3v) is 6.37. The van der Waals surface area contributed by atoms with Crippen LogP contribution in [0.2, 0.25) is 0 Å². The predicted octanol–water partition coefficient (Wildman–Crippen LogP) is 3.54. The van der Waals surface area contributed by atoms with Crippen molar-refractivity contribution in [2.24, 2.45) is 5.92 Å². The second kappa shape index (κ2) is 7.27. The summed E-state index contributed by atoms with van der Waals surface area (Å²) < 4.78 is 5.24. The Morgan fingerprint density at radius 2 is 2.33 bits per heavy atom. The third-order valence-electron chi connectivity index (χ3n) is 4.38. The van der Waals surface area contributed by atoms with Crippen LogP contribution in [0.3, 0.4) is 0 Å². The van der Waals surface area contributed by atoms with E-state index in [1.807, 2.05) is 13.8 Å². The van der Waals surface area contributed by atoms with Gasteiger partial charge in [-0.2, -0.15) is 0 Å². The number of hydrogen-bond donors (Lipinski definition) is 1. The van der Waals surface area contributed by atoms with Gasteiger partial charge in [0.25, 0.3) is 5.56 Å². The van der Waals surface area contributed by atoms with Gasteiger partial charge in [0.2, 0.25) is 0 Å². The molecule has 7 heteroatoms. The molecule has 0 radical (unpaired) electrons. The van der Waals surface area contributed by atoms with Crippen molar-refractivity contribution in [1.29, 1.82) is 0 Å². The maximum absolute atomic E-state index is 12.5. The summed E-state index contributed by atoms with van der Waals surface area (Å²) in [6.45, 7) is 6.08. The number of aromatic amines is 1. The molecule has 5 nitrogen and oxygen atoms in total. The zero-order chi connectivity index (χ0) is 17.3. The van der Waals surface area contributed by atoms with Crippen molar-refractivity contribution in [2.45, 2.75) is 57.7 Å². The molecular weight excluding hydrogens is 344 g/mol. The Morgan fingerprint density at radius 3 is 3.08 bits per heavy atom. The number of fused-ring (bicyclic) bond motifs is 3. The van der Waals surface area contributed by atoms with Gasteiger partial charge in [-0.1, -0.05) is 25.6 Å². The lowest BCUT2D eigenvalue weighted by atomic mass is 9.89. The number of H-pyrrole nitrogens is 1. The lowest BCUT2D eigenvalue weighted by Gasteiger charge is -2.17. The highest BCUT2D eigenvalue weighted by Crippen LogP contribution is 2.36. The van der Waals surface area contributed by atoms with E-state index in [1.165, 1.54) is 22.2 Å². The molecule has 0 spiro atoms. The monoisotopic (exact) mass is 366 g/mol. The molecule has 2 aromatic rings. The molecular formula is C17H22N2O3S2. The topological polar surface area (TPSA) is 72.0 Å². The van der Waals surface area contributed by atoms with Gasteiger partial charge >= 0.3 is 5.97 Å². The van der Waals surface area contributed by atoms with Crippen LogP contribution in [0.5, 0.6) is 0 Å².